The minimum absolute atomic E-state index is 0.236. The van der Waals surface area contributed by atoms with Crippen molar-refractivity contribution in [2.24, 2.45) is 0 Å². The van der Waals surface area contributed by atoms with E-state index < -0.39 is 12.2 Å². The Labute approximate surface area is 125 Å². The Morgan fingerprint density at radius 1 is 1.38 bits per heavy atom. The highest BCUT2D eigenvalue weighted by molar-refractivity contribution is 5.48. The summed E-state index contributed by atoms with van der Waals surface area (Å²) in [6.45, 7) is 6.01. The van der Waals surface area contributed by atoms with Gasteiger partial charge in [-0.3, -0.25) is 0 Å². The Bertz CT molecular complexity index is 530. The number of aromatic hydroxyl groups is 1. The van der Waals surface area contributed by atoms with E-state index in [1.165, 1.54) is 5.57 Å². The van der Waals surface area contributed by atoms with E-state index in [1.54, 1.807) is 13.0 Å². The number of allylic oxidation sites excluding steroid dienone is 2. The summed E-state index contributed by atoms with van der Waals surface area (Å²) in [7, 11) is 0. The van der Waals surface area contributed by atoms with Crippen molar-refractivity contribution in [2.45, 2.75) is 58.5 Å². The number of ether oxygens (including phenoxy) is 1. The van der Waals surface area contributed by atoms with Gasteiger partial charge in [0.15, 0.2) is 0 Å². The van der Waals surface area contributed by atoms with Crippen molar-refractivity contribution in [1.82, 2.24) is 0 Å². The second-order valence-electron chi connectivity index (χ2n) is 5.96. The first kappa shape index (κ1) is 16.0. The molecule has 4 heteroatoms. The summed E-state index contributed by atoms with van der Waals surface area (Å²) in [5, 5.41) is 29.3. The highest BCUT2D eigenvalue weighted by Crippen LogP contribution is 2.41. The van der Waals surface area contributed by atoms with E-state index in [4.69, 9.17) is 4.74 Å². The Hall–Kier alpha value is -1.36. The molecule has 116 valence electrons. The predicted octanol–water partition coefficient (Wildman–Crippen LogP) is 2.60. The van der Waals surface area contributed by atoms with E-state index in [0.717, 1.165) is 23.1 Å². The van der Waals surface area contributed by atoms with E-state index in [9.17, 15) is 15.3 Å². The van der Waals surface area contributed by atoms with Crippen LogP contribution in [0.5, 0.6) is 5.75 Å². The number of phenols is 1. The average Bonchev–Trinajstić information content (AvgIpc) is 2.83. The lowest BCUT2D eigenvalue weighted by molar-refractivity contribution is -0.0242. The minimum atomic E-state index is -0.834. The molecule has 0 radical (unpaired) electrons. The van der Waals surface area contributed by atoms with Crippen LogP contribution in [0.3, 0.4) is 0 Å². The third kappa shape index (κ3) is 3.64. The molecule has 0 saturated carbocycles. The Morgan fingerprint density at radius 3 is 2.71 bits per heavy atom. The molecular formula is C17H24O4. The first-order valence-electron chi connectivity index (χ1n) is 7.34. The van der Waals surface area contributed by atoms with Gasteiger partial charge in [0.2, 0.25) is 0 Å². The lowest BCUT2D eigenvalue weighted by Gasteiger charge is -2.20. The summed E-state index contributed by atoms with van der Waals surface area (Å²) in [4.78, 5) is 0. The molecule has 21 heavy (non-hydrogen) atoms. The molecule has 0 amide bonds. The summed E-state index contributed by atoms with van der Waals surface area (Å²) >= 11 is 0. The van der Waals surface area contributed by atoms with Crippen LogP contribution in [0.4, 0.5) is 0 Å². The van der Waals surface area contributed by atoms with Gasteiger partial charge in [-0.25, -0.2) is 0 Å². The van der Waals surface area contributed by atoms with Gasteiger partial charge in [-0.05, 0) is 44.4 Å². The monoisotopic (exact) mass is 292 g/mol. The van der Waals surface area contributed by atoms with E-state index in [1.807, 2.05) is 19.9 Å². The molecule has 0 unspecified atom stereocenters. The first-order valence-corrected chi connectivity index (χ1v) is 7.34. The zero-order valence-corrected chi connectivity index (χ0v) is 12.8. The van der Waals surface area contributed by atoms with Crippen LogP contribution in [0, 0.1) is 0 Å². The van der Waals surface area contributed by atoms with Crippen LogP contribution in [0.1, 0.15) is 50.0 Å². The van der Waals surface area contributed by atoms with Gasteiger partial charge < -0.3 is 20.1 Å². The fraction of sp³-hybridized carbons (Fsp3) is 0.529. The Morgan fingerprint density at radius 2 is 2.10 bits per heavy atom. The highest BCUT2D eigenvalue weighted by Gasteiger charge is 2.31. The Kier molecular flexibility index (Phi) is 5.04. The molecule has 2 rings (SSSR count). The standard InChI is InChI=1S/C17H24O4/c1-10(2)4-5-12-6-7-14(19)13-9-21-16(17(12)13)8-15(20)11(3)18/h4,6-7,11,15-16,18-20H,5,8-9H2,1-3H3/t11-,15-,16+/m0/s1. The molecule has 1 aliphatic heterocycles. The average molecular weight is 292 g/mol. The molecule has 1 aliphatic rings. The third-order valence-electron chi connectivity index (χ3n) is 3.92. The highest BCUT2D eigenvalue weighted by atomic mass is 16.5. The fourth-order valence-electron chi connectivity index (χ4n) is 2.62. The molecule has 0 aliphatic carbocycles. The van der Waals surface area contributed by atoms with E-state index in [0.29, 0.717) is 13.0 Å². The SMILES string of the molecule is CC(C)=CCc1ccc(O)c2c1[C@@H](C[C@H](O)[C@H](C)O)OC2. The summed E-state index contributed by atoms with van der Waals surface area (Å²) in [5.41, 5.74) is 4.10. The molecular weight excluding hydrogens is 268 g/mol. The number of fused-ring (bicyclic) bond motifs is 1. The van der Waals surface area contributed by atoms with Crippen molar-refractivity contribution in [3.05, 3.63) is 40.5 Å². The molecule has 1 heterocycles. The van der Waals surface area contributed by atoms with Gasteiger partial charge in [-0.1, -0.05) is 17.7 Å². The van der Waals surface area contributed by atoms with Crippen LogP contribution in [-0.2, 0) is 17.8 Å². The number of hydrogen-bond acceptors (Lipinski definition) is 4. The molecule has 3 atom stereocenters. The first-order chi connectivity index (χ1) is 9.90. The lowest BCUT2D eigenvalue weighted by Crippen LogP contribution is -2.25. The molecule has 1 aromatic carbocycles. The molecule has 4 nitrogen and oxygen atoms in total. The number of benzene rings is 1. The van der Waals surface area contributed by atoms with Crippen LogP contribution in [0.25, 0.3) is 0 Å². The minimum Gasteiger partial charge on any atom is -0.508 e. The normalized spacial score (nSPS) is 20.0. The summed E-state index contributed by atoms with van der Waals surface area (Å²) in [6, 6.07) is 3.61. The van der Waals surface area contributed by atoms with Crippen molar-refractivity contribution in [1.29, 1.82) is 0 Å². The van der Waals surface area contributed by atoms with E-state index in [-0.39, 0.29) is 11.9 Å². The zero-order chi connectivity index (χ0) is 15.6. The van der Waals surface area contributed by atoms with Gasteiger partial charge in [0, 0.05) is 12.0 Å². The van der Waals surface area contributed by atoms with E-state index in [2.05, 4.69) is 6.08 Å². The molecule has 3 N–H and O–H groups in total. The van der Waals surface area contributed by atoms with Crippen molar-refractivity contribution >= 4 is 0 Å². The van der Waals surface area contributed by atoms with Gasteiger partial charge in [-0.2, -0.15) is 0 Å². The topological polar surface area (TPSA) is 69.9 Å². The largest absolute Gasteiger partial charge is 0.508 e. The fourth-order valence-corrected chi connectivity index (χ4v) is 2.62. The molecule has 0 saturated heterocycles. The van der Waals surface area contributed by atoms with Crippen molar-refractivity contribution in [3.63, 3.8) is 0 Å². The second-order valence-corrected chi connectivity index (χ2v) is 5.96. The number of rotatable bonds is 5. The molecule has 0 aromatic heterocycles. The van der Waals surface area contributed by atoms with Crippen molar-refractivity contribution < 1.29 is 20.1 Å². The maximum Gasteiger partial charge on any atom is 0.121 e. The third-order valence-corrected chi connectivity index (χ3v) is 3.92. The molecule has 0 bridgehead atoms. The summed E-state index contributed by atoms with van der Waals surface area (Å²) in [5.74, 6) is 0.236. The second kappa shape index (κ2) is 6.60. The van der Waals surface area contributed by atoms with Gasteiger partial charge in [-0.15, -0.1) is 0 Å². The van der Waals surface area contributed by atoms with Gasteiger partial charge in [0.1, 0.15) is 5.75 Å². The Balaban J connectivity index is 2.30. The smallest absolute Gasteiger partial charge is 0.121 e. The predicted molar refractivity (Wildman–Crippen MR) is 81.1 cm³/mol. The van der Waals surface area contributed by atoms with Crippen LogP contribution < -0.4 is 0 Å². The summed E-state index contributed by atoms with van der Waals surface area (Å²) in [6.07, 6.45) is 1.33. The van der Waals surface area contributed by atoms with E-state index >= 15 is 0 Å². The van der Waals surface area contributed by atoms with Crippen LogP contribution in [0.15, 0.2) is 23.8 Å². The molecule has 0 fully saturated rings. The number of aliphatic hydroxyl groups excluding tert-OH is 2. The van der Waals surface area contributed by atoms with Gasteiger partial charge >= 0.3 is 0 Å². The van der Waals surface area contributed by atoms with Crippen molar-refractivity contribution in [2.75, 3.05) is 0 Å². The molecule has 1 aromatic rings. The summed E-state index contributed by atoms with van der Waals surface area (Å²) < 4.78 is 5.72. The van der Waals surface area contributed by atoms with Crippen LogP contribution in [-0.4, -0.2) is 27.5 Å². The number of phenolic OH excluding ortho intramolecular Hbond substituents is 1. The van der Waals surface area contributed by atoms with Crippen LogP contribution in [0.2, 0.25) is 0 Å². The maximum absolute atomic E-state index is 9.99. The quantitative estimate of drug-likeness (QED) is 0.730. The number of hydrogen-bond donors (Lipinski definition) is 3. The lowest BCUT2D eigenvalue weighted by atomic mass is 9.92. The number of aliphatic hydroxyl groups is 2. The maximum atomic E-state index is 9.99. The van der Waals surface area contributed by atoms with Crippen LogP contribution >= 0.6 is 0 Å². The zero-order valence-electron chi connectivity index (χ0n) is 12.8. The molecule has 0 spiro atoms. The van der Waals surface area contributed by atoms with Gasteiger partial charge in [0.05, 0.1) is 24.9 Å². The van der Waals surface area contributed by atoms with Crippen molar-refractivity contribution in [3.8, 4) is 5.75 Å². The van der Waals surface area contributed by atoms with Gasteiger partial charge in [0.25, 0.3) is 0 Å².